The lowest BCUT2D eigenvalue weighted by atomic mass is 9.83. The Balaban J connectivity index is 1.38. The second-order valence-electron chi connectivity index (χ2n) is 23.0. The monoisotopic (exact) mass is 1440 g/mol. The van der Waals surface area contributed by atoms with Crippen molar-refractivity contribution in [1.29, 1.82) is 0 Å². The van der Waals surface area contributed by atoms with Crippen LogP contribution in [0.1, 0.15) is 59.3 Å². The quantitative estimate of drug-likeness (QED) is 0.0252. The minimum Gasteiger partial charge on any atom is -0.394 e. The van der Waals surface area contributed by atoms with E-state index >= 15 is 0 Å². The Morgan fingerprint density at radius 1 is 0.354 bits per heavy atom. The highest BCUT2D eigenvalue weighted by Gasteiger charge is 2.48. The summed E-state index contributed by atoms with van der Waals surface area (Å²) in [5, 5.41) is 109. The Hall–Kier alpha value is -4.71. The van der Waals surface area contributed by atoms with Crippen LogP contribution in [-0.4, -0.2) is 370 Å². The number of carbonyl (C=O) groups is 7. The average molecular weight is 1440 g/mol. The van der Waals surface area contributed by atoms with Crippen LogP contribution in [0.5, 0.6) is 0 Å². The van der Waals surface area contributed by atoms with E-state index in [0.29, 0.717) is 0 Å². The fourth-order valence-corrected chi connectivity index (χ4v) is 10.2. The maximum absolute atomic E-state index is 13.2. The number of hydrogen-bond acceptors (Lipinski definition) is 32. The number of nitrogens with one attached hydrogen (secondary N) is 7. The number of amides is 7. The van der Waals surface area contributed by atoms with Crippen LogP contribution in [0.4, 0.5) is 0 Å². The zero-order valence-electron chi connectivity index (χ0n) is 56.8. The predicted molar refractivity (Wildman–Crippen MR) is 338 cm³/mol. The number of hydrogen-bond donors (Lipinski definition) is 17. The predicted octanol–water partition coefficient (Wildman–Crippen LogP) is -9.48. The van der Waals surface area contributed by atoms with Crippen LogP contribution in [0.2, 0.25) is 0 Å². The molecule has 0 aliphatic carbocycles. The van der Waals surface area contributed by atoms with E-state index in [2.05, 4.69) is 37.2 Å². The number of ether oxygens (including phenoxy) is 15. The van der Waals surface area contributed by atoms with Crippen molar-refractivity contribution in [2.24, 2.45) is 5.73 Å². The summed E-state index contributed by atoms with van der Waals surface area (Å²) in [6, 6.07) is -3.24. The summed E-state index contributed by atoms with van der Waals surface area (Å²) in [6.07, 6.45) is -15.7. The topological polar surface area (TPSA) is 550 Å². The molecule has 39 heteroatoms. The van der Waals surface area contributed by atoms with Gasteiger partial charge in [-0.1, -0.05) is 0 Å². The van der Waals surface area contributed by atoms with E-state index in [1.54, 1.807) is 0 Å². The van der Waals surface area contributed by atoms with Crippen LogP contribution in [0.15, 0.2) is 0 Å². The normalized spacial score (nSPS) is 26.0. The lowest BCUT2D eigenvalue weighted by Gasteiger charge is -2.42. The lowest BCUT2D eigenvalue weighted by Crippen LogP contribution is -2.64. The molecular formula is C60H110N8O31. The van der Waals surface area contributed by atoms with Gasteiger partial charge in [0.05, 0.1) is 165 Å². The fourth-order valence-electron chi connectivity index (χ4n) is 10.2. The summed E-state index contributed by atoms with van der Waals surface area (Å²) in [4.78, 5) is 87.6. The first kappa shape index (κ1) is 88.5. The van der Waals surface area contributed by atoms with Crippen LogP contribution < -0.4 is 43.0 Å². The molecule has 99 heavy (non-hydrogen) atoms. The summed E-state index contributed by atoms with van der Waals surface area (Å²) in [7, 11) is 0. The molecule has 39 nitrogen and oxygen atoms in total. The van der Waals surface area contributed by atoms with Crippen molar-refractivity contribution in [3.8, 4) is 0 Å². The highest BCUT2D eigenvalue weighted by atomic mass is 16.7. The molecule has 3 aliphatic rings. The molecule has 0 spiro atoms. The van der Waals surface area contributed by atoms with Crippen LogP contribution in [0.25, 0.3) is 0 Å². The first-order valence-corrected chi connectivity index (χ1v) is 33.1. The van der Waals surface area contributed by atoms with Crippen molar-refractivity contribution in [3.63, 3.8) is 0 Å². The molecule has 0 bridgehead atoms. The van der Waals surface area contributed by atoms with Gasteiger partial charge in [0.15, 0.2) is 18.9 Å². The maximum Gasteiger partial charge on any atom is 0.234 e. The molecule has 15 atom stereocenters. The molecule has 0 radical (unpaired) electrons. The second kappa shape index (κ2) is 52.3. The third-order valence-electron chi connectivity index (χ3n) is 15.3. The molecule has 0 aromatic heterocycles. The van der Waals surface area contributed by atoms with Gasteiger partial charge in [0.1, 0.15) is 73.1 Å². The molecule has 7 amide bonds. The number of rotatable bonds is 56. The average Bonchev–Trinajstić information content (AvgIpc) is 0.843. The Kier molecular flexibility index (Phi) is 46.7. The van der Waals surface area contributed by atoms with E-state index in [1.165, 1.54) is 20.8 Å². The van der Waals surface area contributed by atoms with Crippen molar-refractivity contribution in [1.82, 2.24) is 37.2 Å². The summed E-state index contributed by atoms with van der Waals surface area (Å²) in [6.45, 7) is 4.92. The van der Waals surface area contributed by atoms with Crippen molar-refractivity contribution < 1.29 is 151 Å². The number of carbonyl (C=O) groups excluding carboxylic acids is 7. The summed E-state index contributed by atoms with van der Waals surface area (Å²) in [5.74, 6) is -3.20. The Labute approximate surface area is 574 Å². The SMILES string of the molecule is CC(=O)NC1C(OCCOCCOCCOCCNC(=O)CCC(CCC(=O)NCCOCCOCCOCCOC2OC(CO)C(O)C(O)C2NC(C)=O)(CCC(=O)NCCOCCOCCOCCOC2OC(CO)C(O)C(O)C2NC(C)=O)NC(=O)CN)OC(CO)C(O)C1O. The van der Waals surface area contributed by atoms with E-state index in [4.69, 9.17) is 76.8 Å². The van der Waals surface area contributed by atoms with Gasteiger partial charge in [-0.05, 0) is 19.3 Å². The second-order valence-corrected chi connectivity index (χ2v) is 23.0. The van der Waals surface area contributed by atoms with Gasteiger partial charge < -0.3 is 160 Å². The van der Waals surface area contributed by atoms with Gasteiger partial charge >= 0.3 is 0 Å². The molecule has 0 aromatic carbocycles. The van der Waals surface area contributed by atoms with E-state index in [9.17, 15) is 79.5 Å². The number of nitrogens with two attached hydrogens (primary N) is 1. The van der Waals surface area contributed by atoms with Gasteiger partial charge in [-0.15, -0.1) is 0 Å². The molecule has 3 rings (SSSR count). The van der Waals surface area contributed by atoms with Crippen molar-refractivity contribution in [2.45, 2.75) is 157 Å². The number of aliphatic hydroxyl groups excluding tert-OH is 9. The van der Waals surface area contributed by atoms with E-state index in [-0.39, 0.29) is 197 Å². The van der Waals surface area contributed by atoms with Crippen LogP contribution in [0, 0.1) is 0 Å². The zero-order chi connectivity index (χ0) is 72.8. The number of aliphatic hydroxyl groups is 9. The van der Waals surface area contributed by atoms with Crippen molar-refractivity contribution >= 4 is 41.4 Å². The minimum absolute atomic E-state index is 0.00518. The third kappa shape index (κ3) is 36.3. The van der Waals surface area contributed by atoms with Gasteiger partial charge in [-0.25, -0.2) is 0 Å². The molecule has 0 saturated carbocycles. The Morgan fingerprint density at radius 2 is 0.586 bits per heavy atom. The Bertz CT molecular complexity index is 2020. The molecule has 3 aliphatic heterocycles. The maximum atomic E-state index is 13.2. The molecule has 18 N–H and O–H groups in total. The van der Waals surface area contributed by atoms with Gasteiger partial charge in [0.2, 0.25) is 41.4 Å². The highest BCUT2D eigenvalue weighted by molar-refractivity contribution is 5.81. The fraction of sp³-hybridized carbons (Fsp3) is 0.883. The standard InChI is InChI=1S/C60H110N8O31/c1-38(72)65-48-54(82)51(79)41(35-69)97-57(48)94-31-28-91-25-22-88-19-16-85-13-10-62-44(75)4-7-60(68-47(78)34-61,8-5-45(76)63-11-14-86-17-20-89-23-26-92-29-32-95-58-49(66-39(2)73)55(83)52(80)42(36-70)98-58)9-6-46(77)64-12-15-87-18-21-90-24-27-93-30-33-96-59-50(67-40(3)74)56(84)53(81)43(37-71)99-59/h41-43,48-59,69-71,79-84H,4-37,61H2,1-3H3,(H,62,75)(H,63,76)(H,64,77)(H,65,72)(H,66,73)(H,67,74)(H,68,78). The molecule has 15 unspecified atom stereocenters. The summed E-state index contributed by atoms with van der Waals surface area (Å²) in [5.41, 5.74) is 4.49. The van der Waals surface area contributed by atoms with Crippen LogP contribution in [0.3, 0.4) is 0 Å². The van der Waals surface area contributed by atoms with Crippen molar-refractivity contribution in [3.05, 3.63) is 0 Å². The first-order valence-electron chi connectivity index (χ1n) is 33.1. The molecule has 3 fully saturated rings. The minimum atomic E-state index is -1.44. The lowest BCUT2D eigenvalue weighted by molar-refractivity contribution is -0.272. The summed E-state index contributed by atoms with van der Waals surface area (Å²) < 4.78 is 83.2. The third-order valence-corrected chi connectivity index (χ3v) is 15.3. The zero-order valence-corrected chi connectivity index (χ0v) is 56.8. The Morgan fingerprint density at radius 3 is 0.808 bits per heavy atom. The van der Waals surface area contributed by atoms with Gasteiger partial charge in [-0.2, -0.15) is 0 Å². The largest absolute Gasteiger partial charge is 0.394 e. The molecular weight excluding hydrogens is 1330 g/mol. The van der Waals surface area contributed by atoms with E-state index in [1.807, 2.05) is 0 Å². The highest BCUT2D eigenvalue weighted by Crippen LogP contribution is 2.28. The van der Waals surface area contributed by atoms with Gasteiger partial charge in [0.25, 0.3) is 0 Å². The van der Waals surface area contributed by atoms with E-state index < -0.39 is 165 Å². The molecule has 0 aromatic rings. The van der Waals surface area contributed by atoms with Gasteiger partial charge in [0, 0.05) is 65.2 Å². The first-order chi connectivity index (χ1) is 47.6. The van der Waals surface area contributed by atoms with Crippen LogP contribution >= 0.6 is 0 Å². The molecule has 3 saturated heterocycles. The van der Waals surface area contributed by atoms with E-state index in [0.717, 1.165) is 0 Å². The van der Waals surface area contributed by atoms with Gasteiger partial charge in [-0.3, -0.25) is 33.6 Å². The molecule has 3 heterocycles. The molecule has 576 valence electrons. The van der Waals surface area contributed by atoms with Crippen LogP contribution in [-0.2, 0) is 105 Å². The summed E-state index contributed by atoms with van der Waals surface area (Å²) >= 11 is 0. The smallest absolute Gasteiger partial charge is 0.234 e. The van der Waals surface area contributed by atoms with Crippen molar-refractivity contribution in [2.75, 3.05) is 185 Å².